The van der Waals surface area contributed by atoms with E-state index in [4.69, 9.17) is 16.0 Å². The Labute approximate surface area is 127 Å². The van der Waals surface area contributed by atoms with Crippen LogP contribution in [0, 0.1) is 5.92 Å². The van der Waals surface area contributed by atoms with Gasteiger partial charge in [0.05, 0.1) is 12.4 Å². The van der Waals surface area contributed by atoms with Crippen LogP contribution in [0.2, 0.25) is 5.02 Å². The first-order valence-corrected chi connectivity index (χ1v) is 7.28. The minimum atomic E-state index is -0.802. The predicted molar refractivity (Wildman–Crippen MR) is 79.0 cm³/mol. The summed E-state index contributed by atoms with van der Waals surface area (Å²) in [6, 6.07) is 10.8. The highest BCUT2D eigenvalue weighted by Gasteiger charge is 2.45. The van der Waals surface area contributed by atoms with E-state index in [1.165, 1.54) is 0 Å². The Morgan fingerprint density at radius 1 is 1.38 bits per heavy atom. The van der Waals surface area contributed by atoms with Gasteiger partial charge in [-0.15, -0.1) is 0 Å². The molecule has 21 heavy (non-hydrogen) atoms. The highest BCUT2D eigenvalue weighted by atomic mass is 35.5. The monoisotopic (exact) mass is 305 g/mol. The van der Waals surface area contributed by atoms with E-state index in [0.29, 0.717) is 10.6 Å². The van der Waals surface area contributed by atoms with Gasteiger partial charge in [-0.05, 0) is 24.6 Å². The molecule has 5 heteroatoms. The molecule has 1 fully saturated rings. The normalized spacial score (nSPS) is 21.8. The SMILES string of the molecule is O=C(NCC(O)c1ccccc1Cl)C1CC1c1ccco1. The van der Waals surface area contributed by atoms with E-state index >= 15 is 0 Å². The summed E-state index contributed by atoms with van der Waals surface area (Å²) in [4.78, 5) is 12.0. The first-order chi connectivity index (χ1) is 10.2. The molecule has 1 aromatic heterocycles. The molecular weight excluding hydrogens is 290 g/mol. The van der Waals surface area contributed by atoms with E-state index in [1.54, 1.807) is 30.5 Å². The highest BCUT2D eigenvalue weighted by molar-refractivity contribution is 6.31. The Balaban J connectivity index is 1.52. The van der Waals surface area contributed by atoms with Crippen molar-refractivity contribution in [2.45, 2.75) is 18.4 Å². The Hall–Kier alpha value is -1.78. The highest BCUT2D eigenvalue weighted by Crippen LogP contribution is 2.47. The average molecular weight is 306 g/mol. The van der Waals surface area contributed by atoms with Crippen LogP contribution in [0.1, 0.15) is 29.8 Å². The average Bonchev–Trinajstić information content (AvgIpc) is 3.10. The number of halogens is 1. The summed E-state index contributed by atoms with van der Waals surface area (Å²) in [5.41, 5.74) is 0.623. The summed E-state index contributed by atoms with van der Waals surface area (Å²) in [7, 11) is 0. The van der Waals surface area contributed by atoms with Gasteiger partial charge >= 0.3 is 0 Å². The van der Waals surface area contributed by atoms with Crippen molar-refractivity contribution in [1.29, 1.82) is 0 Å². The van der Waals surface area contributed by atoms with Crippen molar-refractivity contribution in [2.75, 3.05) is 6.54 Å². The maximum absolute atomic E-state index is 12.0. The number of carbonyl (C=O) groups is 1. The summed E-state index contributed by atoms with van der Waals surface area (Å²) in [5, 5.41) is 13.4. The number of nitrogens with one attached hydrogen (secondary N) is 1. The van der Waals surface area contributed by atoms with Crippen molar-refractivity contribution in [1.82, 2.24) is 5.32 Å². The Bertz CT molecular complexity index is 626. The fourth-order valence-electron chi connectivity index (χ4n) is 2.49. The van der Waals surface area contributed by atoms with Gasteiger partial charge in [-0.3, -0.25) is 4.79 Å². The van der Waals surface area contributed by atoms with E-state index < -0.39 is 6.10 Å². The third-order valence-electron chi connectivity index (χ3n) is 3.77. The third kappa shape index (κ3) is 3.12. The zero-order valence-electron chi connectivity index (χ0n) is 11.3. The van der Waals surface area contributed by atoms with Gasteiger partial charge < -0.3 is 14.8 Å². The number of aliphatic hydroxyl groups is 1. The molecular formula is C16H16ClNO3. The number of rotatable bonds is 5. The topological polar surface area (TPSA) is 62.5 Å². The molecule has 2 N–H and O–H groups in total. The number of carbonyl (C=O) groups excluding carboxylic acids is 1. The molecule has 3 atom stereocenters. The molecule has 2 aromatic rings. The van der Waals surface area contributed by atoms with Crippen LogP contribution in [0.3, 0.4) is 0 Å². The lowest BCUT2D eigenvalue weighted by Gasteiger charge is -2.13. The fraction of sp³-hybridized carbons (Fsp3) is 0.312. The number of furan rings is 1. The van der Waals surface area contributed by atoms with Crippen LogP contribution in [-0.2, 0) is 4.79 Å². The van der Waals surface area contributed by atoms with Gasteiger partial charge in [-0.1, -0.05) is 29.8 Å². The molecule has 1 amide bonds. The van der Waals surface area contributed by atoms with Crippen LogP contribution < -0.4 is 5.32 Å². The second kappa shape index (κ2) is 5.92. The van der Waals surface area contributed by atoms with Crippen LogP contribution >= 0.6 is 11.6 Å². The number of hydrogen-bond donors (Lipinski definition) is 2. The Kier molecular flexibility index (Phi) is 3.99. The molecule has 1 aliphatic rings. The molecule has 1 heterocycles. The Morgan fingerprint density at radius 2 is 2.19 bits per heavy atom. The van der Waals surface area contributed by atoms with E-state index in [1.807, 2.05) is 12.1 Å². The summed E-state index contributed by atoms with van der Waals surface area (Å²) < 4.78 is 5.30. The van der Waals surface area contributed by atoms with Crippen LogP contribution in [0.4, 0.5) is 0 Å². The second-order valence-electron chi connectivity index (χ2n) is 5.25. The van der Waals surface area contributed by atoms with Crippen molar-refractivity contribution in [2.24, 2.45) is 5.92 Å². The van der Waals surface area contributed by atoms with Gasteiger partial charge in [-0.2, -0.15) is 0 Å². The summed E-state index contributed by atoms with van der Waals surface area (Å²) in [5.74, 6) is 0.899. The molecule has 110 valence electrons. The van der Waals surface area contributed by atoms with Crippen LogP contribution in [0.25, 0.3) is 0 Å². The van der Waals surface area contributed by atoms with Crippen molar-refractivity contribution in [3.63, 3.8) is 0 Å². The minimum Gasteiger partial charge on any atom is -0.469 e. The zero-order valence-corrected chi connectivity index (χ0v) is 12.1. The summed E-state index contributed by atoms with van der Waals surface area (Å²) in [6.45, 7) is 0.157. The summed E-state index contributed by atoms with van der Waals surface area (Å²) in [6.07, 6.45) is 1.61. The number of hydrogen-bond acceptors (Lipinski definition) is 3. The lowest BCUT2D eigenvalue weighted by atomic mass is 10.1. The quantitative estimate of drug-likeness (QED) is 0.893. The molecule has 4 nitrogen and oxygen atoms in total. The van der Waals surface area contributed by atoms with Crippen LogP contribution in [0.15, 0.2) is 47.1 Å². The standard InChI is InChI=1S/C16H16ClNO3/c17-13-5-2-1-4-10(13)14(19)9-18-16(20)12-8-11(12)15-6-3-7-21-15/h1-7,11-12,14,19H,8-9H2,(H,18,20). The maximum Gasteiger partial charge on any atom is 0.223 e. The minimum absolute atomic E-state index is 0.0532. The number of aliphatic hydroxyl groups excluding tert-OH is 1. The molecule has 3 unspecified atom stereocenters. The second-order valence-corrected chi connectivity index (χ2v) is 5.65. The van der Waals surface area contributed by atoms with Gasteiger partial charge in [0.1, 0.15) is 5.76 Å². The van der Waals surface area contributed by atoms with Crippen molar-refractivity contribution >= 4 is 17.5 Å². The predicted octanol–water partition coefficient (Wildman–Crippen LogP) is 2.89. The van der Waals surface area contributed by atoms with Gasteiger partial charge in [0.25, 0.3) is 0 Å². The lowest BCUT2D eigenvalue weighted by Crippen LogP contribution is -2.30. The molecule has 0 aliphatic heterocycles. The summed E-state index contributed by atoms with van der Waals surface area (Å²) >= 11 is 6.01. The van der Waals surface area contributed by atoms with Crippen molar-refractivity contribution in [3.8, 4) is 0 Å². The smallest absolute Gasteiger partial charge is 0.223 e. The maximum atomic E-state index is 12.0. The molecule has 1 aliphatic carbocycles. The van der Waals surface area contributed by atoms with E-state index in [2.05, 4.69) is 5.32 Å². The molecule has 0 spiro atoms. The van der Waals surface area contributed by atoms with Gasteiger partial charge in [0, 0.05) is 29.0 Å². The largest absolute Gasteiger partial charge is 0.469 e. The Morgan fingerprint density at radius 3 is 2.90 bits per heavy atom. The van der Waals surface area contributed by atoms with Gasteiger partial charge in [-0.25, -0.2) is 0 Å². The molecule has 1 saturated carbocycles. The lowest BCUT2D eigenvalue weighted by molar-refractivity contribution is -0.122. The molecule has 3 rings (SSSR count). The van der Waals surface area contributed by atoms with Crippen molar-refractivity contribution in [3.05, 3.63) is 59.0 Å². The first-order valence-electron chi connectivity index (χ1n) is 6.90. The number of benzene rings is 1. The van der Waals surface area contributed by atoms with Crippen LogP contribution in [0.5, 0.6) is 0 Å². The first kappa shape index (κ1) is 14.2. The van der Waals surface area contributed by atoms with Crippen molar-refractivity contribution < 1.29 is 14.3 Å². The van der Waals surface area contributed by atoms with Gasteiger partial charge in [0.15, 0.2) is 0 Å². The zero-order chi connectivity index (χ0) is 14.8. The van der Waals surface area contributed by atoms with E-state index in [0.717, 1.165) is 12.2 Å². The van der Waals surface area contributed by atoms with Crippen LogP contribution in [-0.4, -0.2) is 17.6 Å². The number of amides is 1. The molecule has 0 radical (unpaired) electrons. The van der Waals surface area contributed by atoms with E-state index in [-0.39, 0.29) is 24.3 Å². The van der Waals surface area contributed by atoms with Gasteiger partial charge in [0.2, 0.25) is 5.91 Å². The fourth-order valence-corrected chi connectivity index (χ4v) is 2.75. The molecule has 1 aromatic carbocycles. The third-order valence-corrected chi connectivity index (χ3v) is 4.11. The van der Waals surface area contributed by atoms with E-state index in [9.17, 15) is 9.90 Å². The molecule has 0 bridgehead atoms. The molecule has 0 saturated heterocycles.